The summed E-state index contributed by atoms with van der Waals surface area (Å²) in [6, 6.07) is 7.03. The van der Waals surface area contributed by atoms with Crippen LogP contribution in [0.15, 0.2) is 41.4 Å². The fourth-order valence-electron chi connectivity index (χ4n) is 2.31. The fourth-order valence-corrected chi connectivity index (χ4v) is 3.21. The van der Waals surface area contributed by atoms with Gasteiger partial charge in [-0.05, 0) is 45.0 Å². The molecule has 0 radical (unpaired) electrons. The second kappa shape index (κ2) is 8.53. The number of amides is 1. The summed E-state index contributed by atoms with van der Waals surface area (Å²) in [6.07, 6.45) is 0.517. The summed E-state index contributed by atoms with van der Waals surface area (Å²) in [5, 5.41) is 6.79. The highest BCUT2D eigenvalue weighted by Gasteiger charge is 2.22. The Kier molecular flexibility index (Phi) is 6.57. The minimum absolute atomic E-state index is 0.0557. The molecular weight excluding hydrogens is 384 g/mol. The Morgan fingerprint density at radius 2 is 1.71 bits per heavy atom. The molecule has 10 heteroatoms. The normalized spacial score (nSPS) is 12.8. The molecule has 9 nitrogen and oxygen atoms in total. The van der Waals surface area contributed by atoms with E-state index in [2.05, 4.69) is 10.4 Å². The van der Waals surface area contributed by atoms with Crippen molar-refractivity contribution in [3.05, 3.63) is 42.1 Å². The van der Waals surface area contributed by atoms with Crippen LogP contribution in [0.1, 0.15) is 37.2 Å². The van der Waals surface area contributed by atoms with E-state index in [9.17, 15) is 18.0 Å². The van der Waals surface area contributed by atoms with Crippen molar-refractivity contribution in [3.63, 3.8) is 0 Å². The van der Waals surface area contributed by atoms with Crippen LogP contribution >= 0.6 is 0 Å². The van der Waals surface area contributed by atoms with Crippen molar-refractivity contribution in [2.75, 3.05) is 19.4 Å². The first-order valence-corrected chi connectivity index (χ1v) is 10.1. The number of nitrogens with zero attached hydrogens (tertiary/aromatic N) is 3. The van der Waals surface area contributed by atoms with E-state index in [0.717, 1.165) is 4.31 Å². The van der Waals surface area contributed by atoms with Gasteiger partial charge in [-0.25, -0.2) is 22.2 Å². The monoisotopic (exact) mass is 408 g/mol. The van der Waals surface area contributed by atoms with E-state index in [1.54, 1.807) is 16.9 Å². The quantitative estimate of drug-likeness (QED) is 0.701. The number of carbonyl (C=O) groups excluding carboxylic acids is 2. The first kappa shape index (κ1) is 21.6. The summed E-state index contributed by atoms with van der Waals surface area (Å²) in [5.41, 5.74) is 0.143. The Balaban J connectivity index is 2.03. The average Bonchev–Trinajstić information content (AvgIpc) is 3.09. The summed E-state index contributed by atoms with van der Waals surface area (Å²) in [7, 11) is -0.748. The van der Waals surface area contributed by atoms with Crippen molar-refractivity contribution in [1.29, 1.82) is 0 Å². The second-order valence-corrected chi connectivity index (χ2v) is 8.76. The zero-order valence-electron chi connectivity index (χ0n) is 16.4. The predicted molar refractivity (Wildman–Crippen MR) is 103 cm³/mol. The van der Waals surface area contributed by atoms with Gasteiger partial charge >= 0.3 is 5.97 Å². The number of carbonyl (C=O) groups is 2. The number of benzene rings is 1. The van der Waals surface area contributed by atoms with Gasteiger partial charge in [0.1, 0.15) is 5.82 Å². The van der Waals surface area contributed by atoms with Crippen molar-refractivity contribution in [2.24, 2.45) is 0 Å². The van der Waals surface area contributed by atoms with Gasteiger partial charge < -0.3 is 10.1 Å². The summed E-state index contributed by atoms with van der Waals surface area (Å²) >= 11 is 0. The van der Waals surface area contributed by atoms with Crippen molar-refractivity contribution in [3.8, 4) is 0 Å². The number of nitrogens with one attached hydrogen (secondary N) is 1. The highest BCUT2D eigenvalue weighted by molar-refractivity contribution is 7.89. The Morgan fingerprint density at radius 3 is 2.25 bits per heavy atom. The van der Waals surface area contributed by atoms with Gasteiger partial charge in [0.25, 0.3) is 5.91 Å². The van der Waals surface area contributed by atoms with Gasteiger partial charge in [0, 0.05) is 26.2 Å². The number of sulfonamides is 1. The maximum absolute atomic E-state index is 12.3. The number of anilines is 1. The van der Waals surface area contributed by atoms with Crippen molar-refractivity contribution < 1.29 is 22.7 Å². The number of rotatable bonds is 7. The van der Waals surface area contributed by atoms with Crippen LogP contribution in [0.4, 0.5) is 5.82 Å². The van der Waals surface area contributed by atoms with Gasteiger partial charge in [-0.1, -0.05) is 0 Å². The van der Waals surface area contributed by atoms with E-state index >= 15 is 0 Å². The molecule has 0 unspecified atom stereocenters. The summed E-state index contributed by atoms with van der Waals surface area (Å²) in [4.78, 5) is 24.6. The Morgan fingerprint density at radius 1 is 1.11 bits per heavy atom. The smallest absolute Gasteiger partial charge is 0.338 e. The first-order valence-electron chi connectivity index (χ1n) is 8.62. The number of hydrogen-bond donors (Lipinski definition) is 1. The first-order chi connectivity index (χ1) is 13.0. The minimum Gasteiger partial charge on any atom is -0.449 e. The van der Waals surface area contributed by atoms with Crippen LogP contribution in [-0.4, -0.2) is 54.6 Å². The number of hydrogen-bond acceptors (Lipinski definition) is 6. The fraction of sp³-hybridized carbons (Fsp3) is 0.389. The molecule has 1 amide bonds. The van der Waals surface area contributed by atoms with Gasteiger partial charge in [-0.3, -0.25) is 4.79 Å². The van der Waals surface area contributed by atoms with Crippen molar-refractivity contribution >= 4 is 27.7 Å². The highest BCUT2D eigenvalue weighted by atomic mass is 32.2. The number of esters is 1. The molecule has 0 saturated heterocycles. The van der Waals surface area contributed by atoms with Gasteiger partial charge in [-0.15, -0.1) is 0 Å². The SMILES string of the molecule is CC(C)n1nccc1NC(=O)[C@H](C)OC(=O)c1ccc(S(=O)(=O)N(C)C)cc1. The molecule has 0 aliphatic rings. The van der Waals surface area contributed by atoms with Crippen LogP contribution in [0, 0.1) is 0 Å². The summed E-state index contributed by atoms with van der Waals surface area (Å²) in [5.74, 6) is -0.725. The van der Waals surface area contributed by atoms with E-state index in [4.69, 9.17) is 4.74 Å². The lowest BCUT2D eigenvalue weighted by Gasteiger charge is -2.16. The largest absolute Gasteiger partial charge is 0.449 e. The Bertz CT molecular complexity index is 949. The van der Waals surface area contributed by atoms with Gasteiger partial charge in [0.2, 0.25) is 10.0 Å². The topological polar surface area (TPSA) is 111 Å². The third-order valence-corrected chi connectivity index (χ3v) is 5.76. The van der Waals surface area contributed by atoms with Gasteiger partial charge in [0.15, 0.2) is 6.10 Å². The highest BCUT2D eigenvalue weighted by Crippen LogP contribution is 2.16. The minimum atomic E-state index is -3.59. The van der Waals surface area contributed by atoms with Crippen molar-refractivity contribution in [1.82, 2.24) is 14.1 Å². The molecule has 152 valence electrons. The molecule has 0 spiro atoms. The summed E-state index contributed by atoms with van der Waals surface area (Å²) in [6.45, 7) is 5.30. The van der Waals surface area contributed by atoms with Crippen LogP contribution in [0.2, 0.25) is 0 Å². The van der Waals surface area contributed by atoms with Gasteiger partial charge in [0.05, 0.1) is 16.7 Å². The Hall–Kier alpha value is -2.72. The zero-order chi connectivity index (χ0) is 21.1. The van der Waals surface area contributed by atoms with E-state index in [1.165, 1.54) is 45.3 Å². The van der Waals surface area contributed by atoms with E-state index in [1.807, 2.05) is 13.8 Å². The molecule has 0 bridgehead atoms. The molecule has 1 aromatic heterocycles. The molecule has 1 N–H and O–H groups in total. The van der Waals surface area contributed by atoms with Crippen LogP contribution in [0.25, 0.3) is 0 Å². The second-order valence-electron chi connectivity index (χ2n) is 6.60. The molecule has 2 rings (SSSR count). The number of ether oxygens (including phenoxy) is 1. The van der Waals surface area contributed by atoms with Crippen LogP contribution in [0.5, 0.6) is 0 Å². The molecule has 0 aliphatic heterocycles. The zero-order valence-corrected chi connectivity index (χ0v) is 17.2. The van der Waals surface area contributed by atoms with Crippen LogP contribution in [-0.2, 0) is 19.6 Å². The lowest BCUT2D eigenvalue weighted by atomic mass is 10.2. The third kappa shape index (κ3) is 4.76. The van der Waals surface area contributed by atoms with Crippen LogP contribution < -0.4 is 5.32 Å². The van der Waals surface area contributed by atoms with E-state index < -0.39 is 28.0 Å². The number of aromatic nitrogens is 2. The van der Waals surface area contributed by atoms with Gasteiger partial charge in [-0.2, -0.15) is 5.10 Å². The van der Waals surface area contributed by atoms with E-state index in [-0.39, 0.29) is 16.5 Å². The maximum Gasteiger partial charge on any atom is 0.338 e. The van der Waals surface area contributed by atoms with Crippen molar-refractivity contribution in [2.45, 2.75) is 37.8 Å². The summed E-state index contributed by atoms with van der Waals surface area (Å²) < 4.78 is 32.0. The molecule has 1 atom stereocenters. The third-order valence-electron chi connectivity index (χ3n) is 3.93. The maximum atomic E-state index is 12.3. The Labute approximate surface area is 164 Å². The van der Waals surface area contributed by atoms with Crippen LogP contribution in [0.3, 0.4) is 0 Å². The average molecular weight is 408 g/mol. The lowest BCUT2D eigenvalue weighted by molar-refractivity contribution is -0.123. The predicted octanol–water partition coefficient (Wildman–Crippen LogP) is 1.90. The molecular formula is C18H24N4O5S. The molecule has 1 aromatic carbocycles. The van der Waals surface area contributed by atoms with E-state index in [0.29, 0.717) is 5.82 Å². The molecule has 0 saturated carbocycles. The molecule has 0 fully saturated rings. The standard InChI is InChI=1S/C18H24N4O5S/c1-12(2)22-16(10-11-19-22)20-17(23)13(3)27-18(24)14-6-8-15(9-7-14)28(25,26)21(4)5/h6-13H,1-5H3,(H,20,23)/t13-/m0/s1. The molecule has 28 heavy (non-hydrogen) atoms. The molecule has 0 aliphatic carbocycles. The molecule has 1 heterocycles. The molecule has 2 aromatic rings. The lowest BCUT2D eigenvalue weighted by Crippen LogP contribution is -2.31.